The van der Waals surface area contributed by atoms with Crippen molar-refractivity contribution in [2.24, 2.45) is 0 Å². The van der Waals surface area contributed by atoms with Gasteiger partial charge in [0.25, 0.3) is 0 Å². The van der Waals surface area contributed by atoms with E-state index in [4.69, 9.17) is 9.84 Å². The Morgan fingerprint density at radius 3 is 2.63 bits per heavy atom. The lowest BCUT2D eigenvalue weighted by Gasteiger charge is -2.18. The number of aliphatic carboxylic acids is 1. The fraction of sp³-hybridized carbons (Fsp3) is 0.385. The van der Waals surface area contributed by atoms with Gasteiger partial charge in [0, 0.05) is 18.1 Å². The van der Waals surface area contributed by atoms with Gasteiger partial charge in [0.2, 0.25) is 5.91 Å². The molecule has 0 fully saturated rings. The third kappa shape index (κ3) is 5.00. The second-order valence-corrected chi connectivity index (χ2v) is 4.99. The van der Waals surface area contributed by atoms with Crippen LogP contribution in [-0.2, 0) is 20.9 Å². The number of halogens is 1. The van der Waals surface area contributed by atoms with Crippen molar-refractivity contribution in [1.82, 2.24) is 4.90 Å². The van der Waals surface area contributed by atoms with Crippen LogP contribution in [0.15, 0.2) is 28.7 Å². The van der Waals surface area contributed by atoms with Gasteiger partial charge in [-0.05, 0) is 18.6 Å². The first-order valence-corrected chi connectivity index (χ1v) is 6.53. The van der Waals surface area contributed by atoms with E-state index in [1.54, 1.807) is 7.05 Å². The van der Waals surface area contributed by atoms with Gasteiger partial charge < -0.3 is 14.7 Å². The number of carboxylic acids is 1. The van der Waals surface area contributed by atoms with E-state index in [-0.39, 0.29) is 12.5 Å². The van der Waals surface area contributed by atoms with E-state index in [1.165, 1.54) is 11.8 Å². The van der Waals surface area contributed by atoms with Crippen LogP contribution < -0.4 is 0 Å². The average Bonchev–Trinajstić information content (AvgIpc) is 2.37. The van der Waals surface area contributed by atoms with Crippen molar-refractivity contribution in [2.45, 2.75) is 19.6 Å². The Hall–Kier alpha value is -1.40. The first kappa shape index (κ1) is 15.7. The second kappa shape index (κ2) is 7.25. The minimum Gasteiger partial charge on any atom is -0.479 e. The highest BCUT2D eigenvalue weighted by atomic mass is 79.9. The highest BCUT2D eigenvalue weighted by molar-refractivity contribution is 9.10. The fourth-order valence-electron chi connectivity index (χ4n) is 1.35. The topological polar surface area (TPSA) is 66.8 Å². The molecule has 0 aromatic heterocycles. The van der Waals surface area contributed by atoms with Gasteiger partial charge in [-0.15, -0.1) is 0 Å². The lowest BCUT2D eigenvalue weighted by molar-refractivity contribution is -0.152. The Balaban J connectivity index is 2.50. The maximum atomic E-state index is 11.8. The summed E-state index contributed by atoms with van der Waals surface area (Å²) < 4.78 is 5.88. The molecule has 19 heavy (non-hydrogen) atoms. The SMILES string of the molecule is C[C@@H](OCC(=O)N(C)Cc1ccccc1Br)C(=O)O. The standard InChI is InChI=1S/C13H16BrNO4/c1-9(13(17)18)19-8-12(16)15(2)7-10-5-3-4-6-11(10)14/h3-6,9H,7-8H2,1-2H3,(H,17,18)/t9-/m1/s1. The number of likely N-dealkylation sites (N-methyl/N-ethyl adjacent to an activating group) is 1. The summed E-state index contributed by atoms with van der Waals surface area (Å²) in [4.78, 5) is 23.8. The first-order chi connectivity index (χ1) is 8.91. The highest BCUT2D eigenvalue weighted by Gasteiger charge is 2.16. The summed E-state index contributed by atoms with van der Waals surface area (Å²) in [7, 11) is 1.65. The number of nitrogens with zero attached hydrogens (tertiary/aromatic N) is 1. The van der Waals surface area contributed by atoms with Crippen LogP contribution in [0.2, 0.25) is 0 Å². The Morgan fingerprint density at radius 2 is 2.05 bits per heavy atom. The molecule has 0 heterocycles. The molecule has 0 radical (unpaired) electrons. The number of rotatable bonds is 6. The molecule has 1 rings (SSSR count). The van der Waals surface area contributed by atoms with Crippen molar-refractivity contribution in [1.29, 1.82) is 0 Å². The molecule has 0 aliphatic rings. The third-order valence-electron chi connectivity index (χ3n) is 2.60. The molecule has 104 valence electrons. The van der Waals surface area contributed by atoms with Crippen molar-refractivity contribution in [3.63, 3.8) is 0 Å². The van der Waals surface area contributed by atoms with Crippen molar-refractivity contribution >= 4 is 27.8 Å². The number of carbonyl (C=O) groups excluding carboxylic acids is 1. The zero-order valence-electron chi connectivity index (χ0n) is 10.8. The molecule has 0 bridgehead atoms. The lowest BCUT2D eigenvalue weighted by Crippen LogP contribution is -2.32. The summed E-state index contributed by atoms with van der Waals surface area (Å²) in [6.45, 7) is 1.59. The smallest absolute Gasteiger partial charge is 0.332 e. The minimum absolute atomic E-state index is 0.242. The molecule has 1 N–H and O–H groups in total. The fourth-order valence-corrected chi connectivity index (χ4v) is 1.76. The van der Waals surface area contributed by atoms with E-state index in [0.29, 0.717) is 6.54 Å². The quantitative estimate of drug-likeness (QED) is 0.865. The maximum absolute atomic E-state index is 11.8. The summed E-state index contributed by atoms with van der Waals surface area (Å²) in [5.74, 6) is -1.34. The van der Waals surface area contributed by atoms with Crippen LogP contribution in [-0.4, -0.2) is 41.6 Å². The van der Waals surface area contributed by atoms with E-state index in [0.717, 1.165) is 10.0 Å². The second-order valence-electron chi connectivity index (χ2n) is 4.13. The van der Waals surface area contributed by atoms with Gasteiger partial charge in [0.05, 0.1) is 0 Å². The largest absolute Gasteiger partial charge is 0.479 e. The van der Waals surface area contributed by atoms with Gasteiger partial charge in [0.1, 0.15) is 6.61 Å². The molecule has 0 unspecified atom stereocenters. The number of carboxylic acid groups (broad SMARTS) is 1. The van der Waals surface area contributed by atoms with Crippen LogP contribution in [0.4, 0.5) is 0 Å². The van der Waals surface area contributed by atoms with E-state index in [1.807, 2.05) is 24.3 Å². The first-order valence-electron chi connectivity index (χ1n) is 5.73. The van der Waals surface area contributed by atoms with Crippen molar-refractivity contribution in [3.8, 4) is 0 Å². The number of carbonyl (C=O) groups is 2. The molecule has 0 aliphatic carbocycles. The molecular weight excluding hydrogens is 314 g/mol. The molecule has 6 heteroatoms. The van der Waals surface area contributed by atoms with Gasteiger partial charge in [-0.1, -0.05) is 34.1 Å². The Kier molecular flexibility index (Phi) is 5.98. The maximum Gasteiger partial charge on any atom is 0.332 e. The van der Waals surface area contributed by atoms with Crippen LogP contribution in [0.3, 0.4) is 0 Å². The molecular formula is C13H16BrNO4. The van der Waals surface area contributed by atoms with Gasteiger partial charge in [-0.25, -0.2) is 4.79 Å². The van der Waals surface area contributed by atoms with Crippen molar-refractivity contribution in [2.75, 3.05) is 13.7 Å². The number of amides is 1. The molecule has 5 nitrogen and oxygen atoms in total. The molecule has 1 aromatic carbocycles. The number of benzene rings is 1. The normalized spacial score (nSPS) is 11.9. The molecule has 1 atom stereocenters. The van der Waals surface area contributed by atoms with Gasteiger partial charge >= 0.3 is 5.97 Å². The van der Waals surface area contributed by atoms with Crippen LogP contribution in [0, 0.1) is 0 Å². The van der Waals surface area contributed by atoms with Crippen LogP contribution >= 0.6 is 15.9 Å². The number of hydrogen-bond acceptors (Lipinski definition) is 3. The summed E-state index contributed by atoms with van der Waals surface area (Å²) in [6, 6.07) is 7.60. The van der Waals surface area contributed by atoms with Crippen molar-refractivity contribution < 1.29 is 19.4 Å². The van der Waals surface area contributed by atoms with E-state index < -0.39 is 12.1 Å². The number of ether oxygens (including phenoxy) is 1. The molecule has 0 aliphatic heterocycles. The highest BCUT2D eigenvalue weighted by Crippen LogP contribution is 2.17. The molecule has 1 amide bonds. The predicted molar refractivity (Wildman–Crippen MR) is 73.7 cm³/mol. The lowest BCUT2D eigenvalue weighted by atomic mass is 10.2. The van der Waals surface area contributed by atoms with Crippen LogP contribution in [0.5, 0.6) is 0 Å². The summed E-state index contributed by atoms with van der Waals surface area (Å²) in [5.41, 5.74) is 0.977. The molecule has 1 aromatic rings. The Bertz CT molecular complexity index is 464. The number of hydrogen-bond donors (Lipinski definition) is 1. The zero-order valence-corrected chi connectivity index (χ0v) is 12.4. The predicted octanol–water partition coefficient (Wildman–Crippen LogP) is 1.90. The zero-order chi connectivity index (χ0) is 14.4. The minimum atomic E-state index is -1.08. The van der Waals surface area contributed by atoms with Gasteiger partial charge in [-0.3, -0.25) is 4.79 Å². The summed E-state index contributed by atoms with van der Waals surface area (Å²) in [6.07, 6.45) is -0.985. The van der Waals surface area contributed by atoms with Gasteiger partial charge in [-0.2, -0.15) is 0 Å². The monoisotopic (exact) mass is 329 g/mol. The molecule has 0 spiro atoms. The van der Waals surface area contributed by atoms with E-state index in [2.05, 4.69) is 15.9 Å². The Morgan fingerprint density at radius 1 is 1.42 bits per heavy atom. The summed E-state index contributed by atoms with van der Waals surface area (Å²) >= 11 is 3.41. The molecule has 0 saturated carbocycles. The van der Waals surface area contributed by atoms with Gasteiger partial charge in [0.15, 0.2) is 6.10 Å². The average molecular weight is 330 g/mol. The van der Waals surface area contributed by atoms with Crippen LogP contribution in [0.1, 0.15) is 12.5 Å². The third-order valence-corrected chi connectivity index (χ3v) is 3.37. The van der Waals surface area contributed by atoms with E-state index in [9.17, 15) is 9.59 Å². The molecule has 0 saturated heterocycles. The van der Waals surface area contributed by atoms with Crippen LogP contribution in [0.25, 0.3) is 0 Å². The summed E-state index contributed by atoms with van der Waals surface area (Å²) in [5, 5.41) is 8.65. The van der Waals surface area contributed by atoms with Crippen molar-refractivity contribution in [3.05, 3.63) is 34.3 Å². The Labute approximate surface area is 120 Å². The van der Waals surface area contributed by atoms with E-state index >= 15 is 0 Å².